The monoisotopic (exact) mass is 246 g/mol. The Morgan fingerprint density at radius 1 is 0.944 bits per heavy atom. The molecule has 0 aromatic heterocycles. The largest absolute Gasteiger partial charge is 0.507 e. The van der Waals surface area contributed by atoms with Crippen molar-refractivity contribution < 1.29 is 9.84 Å². The normalized spacial score (nSPS) is 26.2. The van der Waals surface area contributed by atoms with E-state index < -0.39 is 0 Å². The SMILES string of the molecule is Cc1c(C)c2c(c(C)c1O)C1CCCCCC1O2. The molecule has 1 heterocycles. The fraction of sp³-hybridized carbons (Fsp3) is 0.625. The summed E-state index contributed by atoms with van der Waals surface area (Å²) in [6.45, 7) is 6.09. The van der Waals surface area contributed by atoms with Gasteiger partial charge in [0.1, 0.15) is 17.6 Å². The molecule has 1 N–H and O–H groups in total. The second-order valence-electron chi connectivity index (χ2n) is 5.87. The molecular formula is C16H22O2. The van der Waals surface area contributed by atoms with Gasteiger partial charge >= 0.3 is 0 Å². The van der Waals surface area contributed by atoms with E-state index in [-0.39, 0.29) is 0 Å². The van der Waals surface area contributed by atoms with Gasteiger partial charge in [0.2, 0.25) is 0 Å². The molecule has 98 valence electrons. The summed E-state index contributed by atoms with van der Waals surface area (Å²) in [7, 11) is 0. The predicted octanol–water partition coefficient (Wildman–Crippen LogP) is 4.13. The first kappa shape index (κ1) is 11.9. The number of hydrogen-bond acceptors (Lipinski definition) is 2. The smallest absolute Gasteiger partial charge is 0.127 e. The Hall–Kier alpha value is -1.18. The van der Waals surface area contributed by atoms with Gasteiger partial charge in [-0.25, -0.2) is 0 Å². The number of hydrogen-bond donors (Lipinski definition) is 1. The quantitative estimate of drug-likeness (QED) is 0.746. The number of benzene rings is 1. The molecule has 0 saturated heterocycles. The highest BCUT2D eigenvalue weighted by molar-refractivity contribution is 5.60. The van der Waals surface area contributed by atoms with Crippen molar-refractivity contribution in [1.82, 2.24) is 0 Å². The summed E-state index contributed by atoms with van der Waals surface area (Å²) in [4.78, 5) is 0. The highest BCUT2D eigenvalue weighted by Crippen LogP contribution is 2.50. The van der Waals surface area contributed by atoms with Gasteiger partial charge in [-0.3, -0.25) is 0 Å². The summed E-state index contributed by atoms with van der Waals surface area (Å²) in [6.07, 6.45) is 6.61. The van der Waals surface area contributed by atoms with E-state index in [1.54, 1.807) is 0 Å². The van der Waals surface area contributed by atoms with Gasteiger partial charge in [0, 0.05) is 11.5 Å². The molecule has 2 aliphatic rings. The predicted molar refractivity (Wildman–Crippen MR) is 72.6 cm³/mol. The Morgan fingerprint density at radius 2 is 1.67 bits per heavy atom. The lowest BCUT2D eigenvalue weighted by Crippen LogP contribution is -2.17. The van der Waals surface area contributed by atoms with Crippen LogP contribution in [0.1, 0.15) is 60.3 Å². The third-order valence-electron chi connectivity index (χ3n) is 4.85. The van der Waals surface area contributed by atoms with E-state index in [4.69, 9.17) is 4.74 Å². The zero-order valence-corrected chi connectivity index (χ0v) is 11.5. The molecule has 3 rings (SSSR count). The van der Waals surface area contributed by atoms with Crippen molar-refractivity contribution in [2.24, 2.45) is 0 Å². The van der Waals surface area contributed by atoms with Crippen molar-refractivity contribution in [3.63, 3.8) is 0 Å². The number of rotatable bonds is 0. The number of phenols is 1. The van der Waals surface area contributed by atoms with Crippen LogP contribution in [0.4, 0.5) is 0 Å². The van der Waals surface area contributed by atoms with Gasteiger partial charge in [0.15, 0.2) is 0 Å². The summed E-state index contributed by atoms with van der Waals surface area (Å²) < 4.78 is 6.23. The first-order chi connectivity index (χ1) is 8.61. The highest BCUT2D eigenvalue weighted by Gasteiger charge is 2.38. The molecule has 1 fully saturated rings. The fourth-order valence-corrected chi connectivity index (χ4v) is 3.62. The maximum atomic E-state index is 10.3. The Labute approximate surface area is 109 Å². The molecule has 1 aromatic rings. The molecule has 1 aromatic carbocycles. The second kappa shape index (κ2) is 4.18. The van der Waals surface area contributed by atoms with Crippen LogP contribution >= 0.6 is 0 Å². The maximum absolute atomic E-state index is 10.3. The van der Waals surface area contributed by atoms with Crippen molar-refractivity contribution in [2.45, 2.75) is 64.9 Å². The number of fused-ring (bicyclic) bond motifs is 3. The molecule has 1 saturated carbocycles. The number of ether oxygens (including phenoxy) is 1. The van der Waals surface area contributed by atoms with Crippen LogP contribution in [0.2, 0.25) is 0 Å². The molecule has 0 bridgehead atoms. The Morgan fingerprint density at radius 3 is 2.44 bits per heavy atom. The summed E-state index contributed by atoms with van der Waals surface area (Å²) in [6, 6.07) is 0. The van der Waals surface area contributed by atoms with E-state index in [0.717, 1.165) is 28.9 Å². The maximum Gasteiger partial charge on any atom is 0.127 e. The summed E-state index contributed by atoms with van der Waals surface area (Å²) >= 11 is 0. The molecule has 2 unspecified atom stereocenters. The van der Waals surface area contributed by atoms with Crippen LogP contribution in [0, 0.1) is 20.8 Å². The molecule has 2 heteroatoms. The van der Waals surface area contributed by atoms with Gasteiger partial charge in [0.25, 0.3) is 0 Å². The van der Waals surface area contributed by atoms with E-state index in [0.29, 0.717) is 17.8 Å². The van der Waals surface area contributed by atoms with E-state index in [1.807, 2.05) is 13.8 Å². The minimum absolute atomic E-state index is 0.348. The lowest BCUT2D eigenvalue weighted by atomic mass is 9.86. The number of aromatic hydroxyl groups is 1. The van der Waals surface area contributed by atoms with Gasteiger partial charge in [0.05, 0.1) is 0 Å². The van der Waals surface area contributed by atoms with Gasteiger partial charge in [-0.05, 0) is 56.7 Å². The minimum atomic E-state index is 0.348. The van der Waals surface area contributed by atoms with Crippen LogP contribution in [-0.4, -0.2) is 11.2 Å². The average Bonchev–Trinajstić information content (AvgIpc) is 2.57. The minimum Gasteiger partial charge on any atom is -0.507 e. The molecule has 2 atom stereocenters. The van der Waals surface area contributed by atoms with Crippen LogP contribution in [-0.2, 0) is 0 Å². The Kier molecular flexibility index (Phi) is 2.76. The average molecular weight is 246 g/mol. The molecule has 0 radical (unpaired) electrons. The molecule has 2 nitrogen and oxygen atoms in total. The summed E-state index contributed by atoms with van der Waals surface area (Å²) in [5.41, 5.74) is 4.44. The summed E-state index contributed by atoms with van der Waals surface area (Å²) in [5.74, 6) is 2.05. The van der Waals surface area contributed by atoms with Crippen molar-refractivity contribution in [3.8, 4) is 11.5 Å². The lowest BCUT2D eigenvalue weighted by Gasteiger charge is -2.16. The van der Waals surface area contributed by atoms with Gasteiger partial charge in [-0.1, -0.05) is 12.8 Å². The Bertz CT molecular complexity index is 491. The first-order valence-electron chi connectivity index (χ1n) is 7.10. The van der Waals surface area contributed by atoms with Crippen molar-refractivity contribution in [2.75, 3.05) is 0 Å². The lowest BCUT2D eigenvalue weighted by molar-refractivity contribution is 0.195. The number of phenolic OH excluding ortho intramolecular Hbond substituents is 1. The molecule has 18 heavy (non-hydrogen) atoms. The van der Waals surface area contributed by atoms with E-state index in [2.05, 4.69) is 6.92 Å². The van der Waals surface area contributed by atoms with Crippen LogP contribution in [0.25, 0.3) is 0 Å². The van der Waals surface area contributed by atoms with E-state index >= 15 is 0 Å². The van der Waals surface area contributed by atoms with Crippen LogP contribution < -0.4 is 4.74 Å². The van der Waals surface area contributed by atoms with Crippen LogP contribution in [0.15, 0.2) is 0 Å². The van der Waals surface area contributed by atoms with E-state index in [9.17, 15) is 5.11 Å². The molecular weight excluding hydrogens is 224 g/mol. The van der Waals surface area contributed by atoms with Crippen molar-refractivity contribution in [3.05, 3.63) is 22.3 Å². The standard InChI is InChI=1S/C16H22O2/c1-9-10(2)16-14(11(3)15(9)17)12-7-5-4-6-8-13(12)18-16/h12-13,17H,4-8H2,1-3H3. The Balaban J connectivity index is 2.15. The molecule has 0 amide bonds. The van der Waals surface area contributed by atoms with Crippen molar-refractivity contribution in [1.29, 1.82) is 0 Å². The third-order valence-corrected chi connectivity index (χ3v) is 4.85. The zero-order chi connectivity index (χ0) is 12.9. The molecule has 0 spiro atoms. The summed E-state index contributed by atoms with van der Waals surface area (Å²) in [5, 5.41) is 10.3. The van der Waals surface area contributed by atoms with Gasteiger partial charge < -0.3 is 9.84 Å². The second-order valence-corrected chi connectivity index (χ2v) is 5.87. The fourth-order valence-electron chi connectivity index (χ4n) is 3.62. The highest BCUT2D eigenvalue weighted by atomic mass is 16.5. The van der Waals surface area contributed by atoms with Crippen LogP contribution in [0.3, 0.4) is 0 Å². The molecule has 1 aliphatic heterocycles. The zero-order valence-electron chi connectivity index (χ0n) is 11.5. The van der Waals surface area contributed by atoms with Crippen LogP contribution in [0.5, 0.6) is 11.5 Å². The topological polar surface area (TPSA) is 29.5 Å². The van der Waals surface area contributed by atoms with Gasteiger partial charge in [-0.15, -0.1) is 0 Å². The molecule has 1 aliphatic carbocycles. The third kappa shape index (κ3) is 1.54. The van der Waals surface area contributed by atoms with Crippen molar-refractivity contribution >= 4 is 0 Å². The first-order valence-corrected chi connectivity index (χ1v) is 7.10. The van der Waals surface area contributed by atoms with Gasteiger partial charge in [-0.2, -0.15) is 0 Å². The van der Waals surface area contributed by atoms with E-state index in [1.165, 1.54) is 31.2 Å².